The quantitative estimate of drug-likeness (QED) is 0.791. The molecule has 22 heavy (non-hydrogen) atoms. The zero-order valence-electron chi connectivity index (χ0n) is 12.5. The number of methoxy groups -OCH3 is 2. The fraction of sp³-hybridized carbons (Fsp3) is 0.500. The lowest BCUT2D eigenvalue weighted by Crippen LogP contribution is -2.47. The maximum absolute atomic E-state index is 12.0. The van der Waals surface area contributed by atoms with Crippen molar-refractivity contribution in [3.05, 3.63) is 22.2 Å². The van der Waals surface area contributed by atoms with Gasteiger partial charge in [0.1, 0.15) is 6.10 Å². The van der Waals surface area contributed by atoms with E-state index in [1.54, 1.807) is 14.2 Å². The van der Waals surface area contributed by atoms with Gasteiger partial charge >= 0.3 is 0 Å². The first kappa shape index (κ1) is 19.0. The van der Waals surface area contributed by atoms with Gasteiger partial charge in [-0.2, -0.15) is 0 Å². The normalized spacial score (nSPS) is 17.3. The Morgan fingerprint density at radius 1 is 1.41 bits per heavy atom. The van der Waals surface area contributed by atoms with E-state index in [2.05, 4.69) is 26.6 Å². The number of halogens is 2. The molecule has 124 valence electrons. The van der Waals surface area contributed by atoms with Crippen LogP contribution < -0.4 is 20.1 Å². The van der Waals surface area contributed by atoms with Gasteiger partial charge in [-0.15, -0.1) is 12.4 Å². The Labute approximate surface area is 144 Å². The Morgan fingerprint density at radius 2 is 2.09 bits per heavy atom. The van der Waals surface area contributed by atoms with Gasteiger partial charge in [-0.3, -0.25) is 4.79 Å². The van der Waals surface area contributed by atoms with Crippen molar-refractivity contribution in [3.63, 3.8) is 0 Å². The van der Waals surface area contributed by atoms with Gasteiger partial charge in [0.15, 0.2) is 11.5 Å². The third-order valence-electron chi connectivity index (χ3n) is 3.23. The van der Waals surface area contributed by atoms with Crippen molar-refractivity contribution in [2.24, 2.45) is 0 Å². The van der Waals surface area contributed by atoms with E-state index >= 15 is 0 Å². The molecule has 1 amide bonds. The second-order valence-corrected chi connectivity index (χ2v) is 5.43. The molecule has 1 atom stereocenters. The van der Waals surface area contributed by atoms with Crippen molar-refractivity contribution in [3.8, 4) is 11.5 Å². The molecule has 1 aliphatic heterocycles. The highest BCUT2D eigenvalue weighted by atomic mass is 79.9. The first-order valence-corrected chi connectivity index (χ1v) is 7.45. The monoisotopic (exact) mass is 394 g/mol. The van der Waals surface area contributed by atoms with Crippen molar-refractivity contribution in [1.29, 1.82) is 0 Å². The number of rotatable bonds is 5. The molecule has 2 N–H and O–H groups in total. The SMILES string of the molecule is COc1cc(Br)c(CNC(=O)C2CNCCO2)cc1OC.Cl. The van der Waals surface area contributed by atoms with Crippen LogP contribution in [0.15, 0.2) is 16.6 Å². The first-order chi connectivity index (χ1) is 10.2. The predicted octanol–water partition coefficient (Wildman–Crippen LogP) is 1.49. The van der Waals surface area contributed by atoms with E-state index in [4.69, 9.17) is 14.2 Å². The van der Waals surface area contributed by atoms with Crippen LogP contribution >= 0.6 is 28.3 Å². The number of hydrogen-bond donors (Lipinski definition) is 2. The summed E-state index contributed by atoms with van der Waals surface area (Å²) in [5.74, 6) is 1.14. The van der Waals surface area contributed by atoms with Crippen LogP contribution in [-0.2, 0) is 16.1 Å². The van der Waals surface area contributed by atoms with E-state index in [0.717, 1.165) is 16.6 Å². The second-order valence-electron chi connectivity index (χ2n) is 4.58. The van der Waals surface area contributed by atoms with Crippen molar-refractivity contribution in [1.82, 2.24) is 10.6 Å². The van der Waals surface area contributed by atoms with Crippen molar-refractivity contribution >= 4 is 34.2 Å². The summed E-state index contributed by atoms with van der Waals surface area (Å²) in [6.45, 7) is 2.27. The highest BCUT2D eigenvalue weighted by molar-refractivity contribution is 9.10. The summed E-state index contributed by atoms with van der Waals surface area (Å²) in [5.41, 5.74) is 0.907. The summed E-state index contributed by atoms with van der Waals surface area (Å²) in [4.78, 5) is 12.0. The Kier molecular flexibility index (Phi) is 7.95. The number of morpholine rings is 1. The van der Waals surface area contributed by atoms with Gasteiger partial charge in [0.05, 0.1) is 20.8 Å². The van der Waals surface area contributed by atoms with Crippen molar-refractivity contribution in [2.75, 3.05) is 33.9 Å². The van der Waals surface area contributed by atoms with Crippen LogP contribution in [0.1, 0.15) is 5.56 Å². The zero-order chi connectivity index (χ0) is 15.2. The number of benzene rings is 1. The lowest BCUT2D eigenvalue weighted by molar-refractivity contribution is -0.134. The lowest BCUT2D eigenvalue weighted by Gasteiger charge is -2.23. The van der Waals surface area contributed by atoms with Crippen LogP contribution in [0.5, 0.6) is 11.5 Å². The van der Waals surface area contributed by atoms with Crippen LogP contribution in [0, 0.1) is 0 Å². The molecule has 1 fully saturated rings. The number of ether oxygens (including phenoxy) is 3. The van der Waals surface area contributed by atoms with Gasteiger partial charge in [-0.25, -0.2) is 0 Å². The molecule has 2 rings (SSSR count). The summed E-state index contributed by atoms with van der Waals surface area (Å²) in [5, 5.41) is 5.99. The van der Waals surface area contributed by atoms with Crippen LogP contribution in [0.3, 0.4) is 0 Å². The molecule has 1 aromatic carbocycles. The molecular formula is C14H20BrClN2O4. The van der Waals surface area contributed by atoms with Crippen LogP contribution in [0.25, 0.3) is 0 Å². The molecule has 1 aliphatic rings. The average Bonchev–Trinajstić information content (AvgIpc) is 2.53. The van der Waals surface area contributed by atoms with Gasteiger partial charge in [-0.05, 0) is 17.7 Å². The number of carbonyl (C=O) groups excluding carboxylic acids is 1. The fourth-order valence-corrected chi connectivity index (χ4v) is 2.52. The van der Waals surface area contributed by atoms with Crippen LogP contribution in [0.2, 0.25) is 0 Å². The standard InChI is InChI=1S/C14H19BrN2O4.ClH/c1-19-11-5-9(10(15)6-12(11)20-2)7-17-14(18)13-8-16-3-4-21-13;/h5-6,13,16H,3-4,7-8H2,1-2H3,(H,17,18);1H. The third-order valence-corrected chi connectivity index (χ3v) is 3.96. The fourth-order valence-electron chi connectivity index (χ4n) is 2.06. The predicted molar refractivity (Wildman–Crippen MR) is 89.0 cm³/mol. The minimum Gasteiger partial charge on any atom is -0.493 e. The number of nitrogens with one attached hydrogen (secondary N) is 2. The number of carbonyl (C=O) groups is 1. The second kappa shape index (κ2) is 9.19. The van der Waals surface area contributed by atoms with E-state index in [0.29, 0.717) is 31.2 Å². The Morgan fingerprint density at radius 3 is 2.68 bits per heavy atom. The molecule has 1 saturated heterocycles. The van der Waals surface area contributed by atoms with Crippen LogP contribution in [-0.4, -0.2) is 45.9 Å². The number of amides is 1. The van der Waals surface area contributed by atoms with E-state index in [1.807, 2.05) is 12.1 Å². The van der Waals surface area contributed by atoms with Gasteiger partial charge < -0.3 is 24.8 Å². The lowest BCUT2D eigenvalue weighted by atomic mass is 10.2. The van der Waals surface area contributed by atoms with E-state index < -0.39 is 6.10 Å². The Hall–Kier alpha value is -1.02. The molecular weight excluding hydrogens is 376 g/mol. The largest absolute Gasteiger partial charge is 0.493 e. The van der Waals surface area contributed by atoms with E-state index in [-0.39, 0.29) is 18.3 Å². The van der Waals surface area contributed by atoms with E-state index in [9.17, 15) is 4.79 Å². The van der Waals surface area contributed by atoms with E-state index in [1.165, 1.54) is 0 Å². The average molecular weight is 396 g/mol. The summed E-state index contributed by atoms with van der Waals surface area (Å²) < 4.78 is 16.7. The Balaban J connectivity index is 0.00000242. The smallest absolute Gasteiger partial charge is 0.250 e. The molecule has 0 radical (unpaired) electrons. The van der Waals surface area contributed by atoms with Gasteiger partial charge in [0.25, 0.3) is 5.91 Å². The Bertz CT molecular complexity index is 510. The molecule has 1 heterocycles. The molecule has 0 aromatic heterocycles. The van der Waals surface area contributed by atoms with Crippen molar-refractivity contribution < 1.29 is 19.0 Å². The van der Waals surface area contributed by atoms with Gasteiger partial charge in [0, 0.05) is 24.1 Å². The van der Waals surface area contributed by atoms with Gasteiger partial charge in [-0.1, -0.05) is 15.9 Å². The summed E-state index contributed by atoms with van der Waals surface area (Å²) in [6.07, 6.45) is -0.433. The van der Waals surface area contributed by atoms with Gasteiger partial charge in [0.2, 0.25) is 0 Å². The third kappa shape index (κ3) is 4.74. The molecule has 0 spiro atoms. The summed E-state index contributed by atoms with van der Waals surface area (Å²) >= 11 is 3.47. The molecule has 1 aromatic rings. The summed E-state index contributed by atoms with van der Waals surface area (Å²) in [6, 6.07) is 3.65. The first-order valence-electron chi connectivity index (χ1n) is 6.66. The highest BCUT2D eigenvalue weighted by Gasteiger charge is 2.21. The van der Waals surface area contributed by atoms with Crippen molar-refractivity contribution in [2.45, 2.75) is 12.6 Å². The maximum Gasteiger partial charge on any atom is 0.250 e. The highest BCUT2D eigenvalue weighted by Crippen LogP contribution is 2.33. The minimum atomic E-state index is -0.433. The molecule has 0 aliphatic carbocycles. The molecule has 6 nitrogen and oxygen atoms in total. The number of hydrogen-bond acceptors (Lipinski definition) is 5. The molecule has 8 heteroatoms. The molecule has 0 saturated carbocycles. The maximum atomic E-state index is 12.0. The topological polar surface area (TPSA) is 68.8 Å². The summed E-state index contributed by atoms with van der Waals surface area (Å²) in [7, 11) is 3.16. The minimum absolute atomic E-state index is 0. The van der Waals surface area contributed by atoms with Crippen LogP contribution in [0.4, 0.5) is 0 Å². The zero-order valence-corrected chi connectivity index (χ0v) is 14.9. The molecule has 0 bridgehead atoms. The molecule has 1 unspecified atom stereocenters.